The van der Waals surface area contributed by atoms with Crippen molar-refractivity contribution in [2.45, 2.75) is 13.8 Å². The summed E-state index contributed by atoms with van der Waals surface area (Å²) in [5.74, 6) is -0.800. The van der Waals surface area contributed by atoms with Crippen molar-refractivity contribution in [3.05, 3.63) is 46.2 Å². The standard InChI is InChI=1S/C15H14N4O3S2/c1-3-22-13(21)10-8-23-14(17-10)18-12(20)11-9(2)16-15(24-11)19-6-4-5-7-19/h4-8H,3H2,1-2H3,(H,17,18,20). The SMILES string of the molecule is CCOC(=O)c1csc(NC(=O)c2sc(-n3cccc3)nc2C)n1. The molecule has 0 spiro atoms. The third kappa shape index (κ3) is 3.36. The first-order chi connectivity index (χ1) is 11.6. The topological polar surface area (TPSA) is 86.1 Å². The molecule has 7 nitrogen and oxygen atoms in total. The van der Waals surface area contributed by atoms with E-state index in [1.165, 1.54) is 22.7 Å². The van der Waals surface area contributed by atoms with Gasteiger partial charge in [-0.2, -0.15) is 0 Å². The van der Waals surface area contributed by atoms with Crippen LogP contribution in [0.3, 0.4) is 0 Å². The number of aryl methyl sites for hydroxylation is 1. The fourth-order valence-electron chi connectivity index (χ4n) is 1.95. The van der Waals surface area contributed by atoms with Gasteiger partial charge in [-0.05, 0) is 26.0 Å². The third-order valence-corrected chi connectivity index (χ3v) is 4.95. The molecular weight excluding hydrogens is 348 g/mol. The van der Waals surface area contributed by atoms with Gasteiger partial charge in [0.05, 0.1) is 12.3 Å². The number of anilines is 1. The molecule has 9 heteroatoms. The van der Waals surface area contributed by atoms with Crippen molar-refractivity contribution >= 4 is 39.7 Å². The molecule has 0 aromatic carbocycles. The molecule has 3 aromatic rings. The van der Waals surface area contributed by atoms with Crippen molar-refractivity contribution < 1.29 is 14.3 Å². The van der Waals surface area contributed by atoms with Gasteiger partial charge in [-0.1, -0.05) is 11.3 Å². The summed E-state index contributed by atoms with van der Waals surface area (Å²) < 4.78 is 6.72. The van der Waals surface area contributed by atoms with Gasteiger partial charge in [-0.3, -0.25) is 10.1 Å². The molecule has 3 aromatic heterocycles. The summed E-state index contributed by atoms with van der Waals surface area (Å²) in [4.78, 5) is 33.0. The van der Waals surface area contributed by atoms with Gasteiger partial charge in [0.2, 0.25) is 0 Å². The Morgan fingerprint density at radius 3 is 2.75 bits per heavy atom. The summed E-state index contributed by atoms with van der Waals surface area (Å²) in [5, 5.41) is 5.31. The average molecular weight is 362 g/mol. The molecule has 0 saturated carbocycles. The normalized spacial score (nSPS) is 10.6. The highest BCUT2D eigenvalue weighted by molar-refractivity contribution is 7.16. The Balaban J connectivity index is 1.75. The highest BCUT2D eigenvalue weighted by Gasteiger charge is 2.18. The van der Waals surface area contributed by atoms with Gasteiger partial charge in [0, 0.05) is 17.8 Å². The number of hydrogen-bond donors (Lipinski definition) is 1. The number of thiazole rings is 2. The molecule has 0 radical (unpaired) electrons. The predicted molar refractivity (Wildman–Crippen MR) is 92.2 cm³/mol. The van der Waals surface area contributed by atoms with Gasteiger partial charge in [-0.25, -0.2) is 14.8 Å². The molecule has 3 rings (SSSR count). The Hall–Kier alpha value is -2.52. The Morgan fingerprint density at radius 1 is 1.29 bits per heavy atom. The van der Waals surface area contributed by atoms with Gasteiger partial charge >= 0.3 is 5.97 Å². The minimum absolute atomic E-state index is 0.186. The summed E-state index contributed by atoms with van der Waals surface area (Å²) in [6.07, 6.45) is 3.73. The van der Waals surface area contributed by atoms with Crippen LogP contribution in [-0.2, 0) is 4.74 Å². The van der Waals surface area contributed by atoms with Gasteiger partial charge in [0.1, 0.15) is 4.88 Å². The zero-order valence-electron chi connectivity index (χ0n) is 13.0. The first kappa shape index (κ1) is 16.3. The van der Waals surface area contributed by atoms with E-state index < -0.39 is 5.97 Å². The Labute approximate surface area is 145 Å². The zero-order chi connectivity index (χ0) is 17.1. The summed E-state index contributed by atoms with van der Waals surface area (Å²) in [7, 11) is 0. The van der Waals surface area contributed by atoms with Crippen LogP contribution < -0.4 is 5.32 Å². The molecule has 0 aliphatic heterocycles. The second-order valence-corrected chi connectivity index (χ2v) is 6.55. The molecule has 0 aliphatic rings. The number of ether oxygens (including phenoxy) is 1. The van der Waals surface area contributed by atoms with Crippen LogP contribution >= 0.6 is 22.7 Å². The van der Waals surface area contributed by atoms with E-state index in [1.807, 2.05) is 29.1 Å². The van der Waals surface area contributed by atoms with Crippen LogP contribution in [0, 0.1) is 6.92 Å². The Morgan fingerprint density at radius 2 is 2.04 bits per heavy atom. The lowest BCUT2D eigenvalue weighted by atomic mass is 10.4. The molecule has 124 valence electrons. The first-order valence-electron chi connectivity index (χ1n) is 7.13. The Kier molecular flexibility index (Phi) is 4.72. The molecule has 3 heterocycles. The molecule has 0 fully saturated rings. The van der Waals surface area contributed by atoms with E-state index in [-0.39, 0.29) is 18.2 Å². The number of aromatic nitrogens is 3. The molecular formula is C15H14N4O3S2. The maximum atomic E-state index is 12.4. The highest BCUT2D eigenvalue weighted by atomic mass is 32.1. The summed E-state index contributed by atoms with van der Waals surface area (Å²) in [5.41, 5.74) is 0.828. The van der Waals surface area contributed by atoms with Crippen LogP contribution in [0.2, 0.25) is 0 Å². The largest absolute Gasteiger partial charge is 0.461 e. The molecule has 0 unspecified atom stereocenters. The van der Waals surface area contributed by atoms with E-state index in [0.29, 0.717) is 20.8 Å². The first-order valence-corrected chi connectivity index (χ1v) is 8.83. The molecule has 0 saturated heterocycles. The van der Waals surface area contributed by atoms with Gasteiger partial charge in [0.25, 0.3) is 5.91 Å². The average Bonchev–Trinajstić information content (AvgIpc) is 3.26. The van der Waals surface area contributed by atoms with E-state index >= 15 is 0 Å². The van der Waals surface area contributed by atoms with Crippen LogP contribution in [0.5, 0.6) is 0 Å². The molecule has 0 aliphatic carbocycles. The minimum Gasteiger partial charge on any atom is -0.461 e. The van der Waals surface area contributed by atoms with Crippen molar-refractivity contribution in [2.75, 3.05) is 11.9 Å². The van der Waals surface area contributed by atoms with Gasteiger partial charge < -0.3 is 9.30 Å². The quantitative estimate of drug-likeness (QED) is 0.705. The maximum Gasteiger partial charge on any atom is 0.357 e. The van der Waals surface area contributed by atoms with E-state index in [9.17, 15) is 9.59 Å². The van der Waals surface area contributed by atoms with Crippen molar-refractivity contribution in [1.82, 2.24) is 14.5 Å². The van der Waals surface area contributed by atoms with E-state index in [1.54, 1.807) is 19.2 Å². The van der Waals surface area contributed by atoms with Gasteiger partial charge in [-0.15, -0.1) is 11.3 Å². The van der Waals surface area contributed by atoms with Crippen LogP contribution in [0.25, 0.3) is 5.13 Å². The smallest absolute Gasteiger partial charge is 0.357 e. The van der Waals surface area contributed by atoms with Crippen molar-refractivity contribution in [2.24, 2.45) is 0 Å². The van der Waals surface area contributed by atoms with Crippen molar-refractivity contribution in [1.29, 1.82) is 0 Å². The fourth-order valence-corrected chi connectivity index (χ4v) is 3.55. The Bertz CT molecular complexity index is 867. The number of amides is 1. The van der Waals surface area contributed by atoms with Crippen LogP contribution in [0.4, 0.5) is 5.13 Å². The highest BCUT2D eigenvalue weighted by Crippen LogP contribution is 2.24. The van der Waals surface area contributed by atoms with Gasteiger partial charge in [0.15, 0.2) is 16.0 Å². The summed E-state index contributed by atoms with van der Waals surface area (Å²) >= 11 is 2.46. The maximum absolute atomic E-state index is 12.4. The molecule has 24 heavy (non-hydrogen) atoms. The van der Waals surface area contributed by atoms with E-state index in [0.717, 1.165) is 0 Å². The third-order valence-electron chi connectivity index (χ3n) is 3.03. The number of rotatable bonds is 5. The zero-order valence-corrected chi connectivity index (χ0v) is 14.6. The fraction of sp³-hybridized carbons (Fsp3) is 0.200. The number of carbonyl (C=O) groups is 2. The summed E-state index contributed by atoms with van der Waals surface area (Å²) in [6, 6.07) is 3.78. The molecule has 1 N–H and O–H groups in total. The number of nitrogens with one attached hydrogen (secondary N) is 1. The van der Waals surface area contributed by atoms with E-state index in [2.05, 4.69) is 15.3 Å². The number of esters is 1. The number of carbonyl (C=O) groups excluding carboxylic acids is 2. The lowest BCUT2D eigenvalue weighted by Crippen LogP contribution is -2.12. The van der Waals surface area contributed by atoms with Crippen molar-refractivity contribution in [3.63, 3.8) is 0 Å². The number of hydrogen-bond acceptors (Lipinski definition) is 7. The molecule has 0 bridgehead atoms. The lowest BCUT2D eigenvalue weighted by molar-refractivity contribution is 0.0520. The lowest BCUT2D eigenvalue weighted by Gasteiger charge is -1.99. The molecule has 0 atom stereocenters. The monoisotopic (exact) mass is 362 g/mol. The van der Waals surface area contributed by atoms with Crippen molar-refractivity contribution in [3.8, 4) is 5.13 Å². The number of nitrogens with zero attached hydrogens (tertiary/aromatic N) is 3. The van der Waals surface area contributed by atoms with Crippen LogP contribution in [-0.4, -0.2) is 33.0 Å². The van der Waals surface area contributed by atoms with Crippen LogP contribution in [0.1, 0.15) is 32.8 Å². The second-order valence-electron chi connectivity index (χ2n) is 4.71. The predicted octanol–water partition coefficient (Wildman–Crippen LogP) is 3.13. The second kappa shape index (κ2) is 6.93. The van der Waals surface area contributed by atoms with E-state index in [4.69, 9.17) is 4.74 Å². The summed E-state index contributed by atoms with van der Waals surface area (Å²) in [6.45, 7) is 3.78. The minimum atomic E-state index is -0.502. The van der Waals surface area contributed by atoms with Crippen LogP contribution in [0.15, 0.2) is 29.9 Å². The molecule has 1 amide bonds.